The molecule has 0 saturated carbocycles. The largest absolute Gasteiger partial charge is 0.228 e. The molecule has 2 nitrogen and oxygen atoms in total. The molecule has 8 rings (SSSR count). The van der Waals surface area contributed by atoms with Crippen molar-refractivity contribution in [3.05, 3.63) is 169 Å². The fraction of sp³-hybridized carbons (Fsp3) is 0. The van der Waals surface area contributed by atoms with E-state index in [1.54, 1.807) is 0 Å². The Hall–Kier alpha value is -5.57. The molecule has 7 aromatic carbocycles. The van der Waals surface area contributed by atoms with Crippen LogP contribution in [0, 0.1) is 0 Å². The van der Waals surface area contributed by atoms with Crippen molar-refractivity contribution in [3.63, 3.8) is 0 Å². The van der Waals surface area contributed by atoms with Crippen LogP contribution in [0.2, 0.25) is 5.02 Å². The third-order valence-corrected chi connectivity index (χ3v) is 8.54. The average molecular weight is 595 g/mol. The SMILES string of the molecule is Clc1cccc(-c2cc(-c3cc(-c4ccccc4)nc(-c4cc5ccccc5cc4-c4ccccc4)n3)cc3ccccc23)c1. The Balaban J connectivity index is 1.41. The van der Waals surface area contributed by atoms with E-state index in [0.29, 0.717) is 10.8 Å². The summed E-state index contributed by atoms with van der Waals surface area (Å²) in [6, 6.07) is 56.9. The maximum Gasteiger partial charge on any atom is 0.161 e. The van der Waals surface area contributed by atoms with Crippen molar-refractivity contribution in [3.8, 4) is 56.2 Å². The van der Waals surface area contributed by atoms with E-state index >= 15 is 0 Å². The van der Waals surface area contributed by atoms with Crippen molar-refractivity contribution < 1.29 is 0 Å². The van der Waals surface area contributed by atoms with Crippen LogP contribution >= 0.6 is 11.6 Å². The quantitative estimate of drug-likeness (QED) is 0.198. The lowest BCUT2D eigenvalue weighted by Gasteiger charge is -2.15. The molecule has 0 atom stereocenters. The number of hydrogen-bond acceptors (Lipinski definition) is 2. The summed E-state index contributed by atoms with van der Waals surface area (Å²) in [5, 5.41) is 5.35. The van der Waals surface area contributed by atoms with Gasteiger partial charge in [-0.05, 0) is 86.3 Å². The van der Waals surface area contributed by atoms with Gasteiger partial charge in [0, 0.05) is 21.7 Å². The Morgan fingerprint density at radius 1 is 0.356 bits per heavy atom. The second kappa shape index (κ2) is 11.5. The predicted octanol–water partition coefficient (Wildman–Crippen LogP) is 11.8. The lowest BCUT2D eigenvalue weighted by Crippen LogP contribution is -1.98. The standard InChI is InChI=1S/C42H27ClN2/c43-35-20-11-19-33(23-35)38-26-34(22-32-18-9-10-21-36(32)38)41-27-40(29-14-5-2-6-15-29)44-42(45-41)39-25-31-17-8-7-16-30(31)24-37(39)28-12-3-1-4-13-28/h1-27H. The molecule has 0 fully saturated rings. The van der Waals surface area contributed by atoms with Gasteiger partial charge in [0.05, 0.1) is 11.4 Å². The zero-order valence-corrected chi connectivity index (χ0v) is 25.1. The van der Waals surface area contributed by atoms with Gasteiger partial charge in [0.1, 0.15) is 0 Å². The Morgan fingerprint density at radius 3 is 1.64 bits per heavy atom. The summed E-state index contributed by atoms with van der Waals surface area (Å²) in [6.07, 6.45) is 0. The van der Waals surface area contributed by atoms with Crippen LogP contribution in [0.5, 0.6) is 0 Å². The molecule has 0 amide bonds. The third kappa shape index (κ3) is 5.26. The van der Waals surface area contributed by atoms with Crippen molar-refractivity contribution in [1.82, 2.24) is 9.97 Å². The number of benzene rings is 7. The van der Waals surface area contributed by atoms with Crippen LogP contribution in [0.15, 0.2) is 164 Å². The van der Waals surface area contributed by atoms with Gasteiger partial charge in [-0.1, -0.05) is 133 Å². The molecule has 1 aromatic heterocycles. The van der Waals surface area contributed by atoms with Gasteiger partial charge in [0.2, 0.25) is 0 Å². The van der Waals surface area contributed by atoms with E-state index in [0.717, 1.165) is 61.1 Å². The minimum Gasteiger partial charge on any atom is -0.228 e. The molecule has 0 radical (unpaired) electrons. The van der Waals surface area contributed by atoms with E-state index in [-0.39, 0.29) is 0 Å². The maximum absolute atomic E-state index is 6.47. The number of fused-ring (bicyclic) bond motifs is 2. The average Bonchev–Trinajstić information content (AvgIpc) is 3.11. The van der Waals surface area contributed by atoms with Crippen molar-refractivity contribution >= 4 is 33.1 Å². The van der Waals surface area contributed by atoms with Gasteiger partial charge in [0.15, 0.2) is 5.82 Å². The third-order valence-electron chi connectivity index (χ3n) is 8.30. The first kappa shape index (κ1) is 27.0. The molecule has 0 spiro atoms. The first-order valence-electron chi connectivity index (χ1n) is 15.0. The van der Waals surface area contributed by atoms with Gasteiger partial charge >= 0.3 is 0 Å². The van der Waals surface area contributed by atoms with Crippen LogP contribution in [0.3, 0.4) is 0 Å². The van der Waals surface area contributed by atoms with E-state index in [4.69, 9.17) is 21.6 Å². The smallest absolute Gasteiger partial charge is 0.161 e. The second-order valence-corrected chi connectivity index (χ2v) is 11.6. The molecule has 3 heteroatoms. The zero-order chi connectivity index (χ0) is 30.2. The Kier molecular flexibility index (Phi) is 6.90. The Bertz CT molecular complexity index is 2330. The minimum absolute atomic E-state index is 0.688. The predicted molar refractivity (Wildman–Crippen MR) is 189 cm³/mol. The molecule has 0 unspecified atom stereocenters. The summed E-state index contributed by atoms with van der Waals surface area (Å²) < 4.78 is 0. The lowest BCUT2D eigenvalue weighted by atomic mass is 9.93. The summed E-state index contributed by atoms with van der Waals surface area (Å²) >= 11 is 6.47. The van der Waals surface area contributed by atoms with E-state index in [2.05, 4.69) is 133 Å². The van der Waals surface area contributed by atoms with Crippen LogP contribution in [0.25, 0.3) is 77.7 Å². The molecule has 212 valence electrons. The summed E-state index contributed by atoms with van der Waals surface area (Å²) in [5.74, 6) is 0.688. The fourth-order valence-electron chi connectivity index (χ4n) is 6.11. The van der Waals surface area contributed by atoms with E-state index < -0.39 is 0 Å². The number of halogens is 1. The maximum atomic E-state index is 6.47. The van der Waals surface area contributed by atoms with Crippen molar-refractivity contribution in [1.29, 1.82) is 0 Å². The van der Waals surface area contributed by atoms with Gasteiger partial charge in [-0.3, -0.25) is 0 Å². The first-order valence-corrected chi connectivity index (χ1v) is 15.4. The van der Waals surface area contributed by atoms with E-state index in [1.165, 1.54) is 10.8 Å². The lowest BCUT2D eigenvalue weighted by molar-refractivity contribution is 1.19. The van der Waals surface area contributed by atoms with Gasteiger partial charge in [-0.25, -0.2) is 9.97 Å². The van der Waals surface area contributed by atoms with Crippen molar-refractivity contribution in [2.24, 2.45) is 0 Å². The molecule has 0 N–H and O–H groups in total. The summed E-state index contributed by atoms with van der Waals surface area (Å²) in [6.45, 7) is 0. The topological polar surface area (TPSA) is 25.8 Å². The Morgan fingerprint density at radius 2 is 0.933 bits per heavy atom. The molecule has 45 heavy (non-hydrogen) atoms. The first-order chi connectivity index (χ1) is 22.2. The fourth-order valence-corrected chi connectivity index (χ4v) is 6.30. The van der Waals surface area contributed by atoms with Crippen molar-refractivity contribution in [2.75, 3.05) is 0 Å². The molecule has 8 aromatic rings. The minimum atomic E-state index is 0.688. The molecule has 1 heterocycles. The molecular formula is C42H27ClN2. The van der Waals surface area contributed by atoms with Gasteiger partial charge in [-0.15, -0.1) is 0 Å². The normalized spacial score (nSPS) is 11.2. The number of hydrogen-bond donors (Lipinski definition) is 0. The highest BCUT2D eigenvalue weighted by Crippen LogP contribution is 2.39. The molecule has 0 aliphatic heterocycles. The van der Waals surface area contributed by atoms with Crippen LogP contribution in [0.1, 0.15) is 0 Å². The summed E-state index contributed by atoms with van der Waals surface area (Å²) in [5.41, 5.74) is 9.20. The summed E-state index contributed by atoms with van der Waals surface area (Å²) in [4.78, 5) is 10.5. The molecular weight excluding hydrogens is 568 g/mol. The highest BCUT2D eigenvalue weighted by atomic mass is 35.5. The van der Waals surface area contributed by atoms with Crippen LogP contribution < -0.4 is 0 Å². The molecule has 0 saturated heterocycles. The van der Waals surface area contributed by atoms with E-state index in [1.807, 2.05) is 30.3 Å². The van der Waals surface area contributed by atoms with Crippen molar-refractivity contribution in [2.45, 2.75) is 0 Å². The van der Waals surface area contributed by atoms with Crippen LogP contribution in [-0.4, -0.2) is 9.97 Å². The number of aromatic nitrogens is 2. The molecule has 0 aliphatic rings. The van der Waals surface area contributed by atoms with Gasteiger partial charge < -0.3 is 0 Å². The summed E-state index contributed by atoms with van der Waals surface area (Å²) in [7, 11) is 0. The number of rotatable bonds is 5. The van der Waals surface area contributed by atoms with Gasteiger partial charge in [-0.2, -0.15) is 0 Å². The zero-order valence-electron chi connectivity index (χ0n) is 24.4. The van der Waals surface area contributed by atoms with Crippen LogP contribution in [0.4, 0.5) is 0 Å². The van der Waals surface area contributed by atoms with Crippen LogP contribution in [-0.2, 0) is 0 Å². The second-order valence-electron chi connectivity index (χ2n) is 11.2. The molecule has 0 bridgehead atoms. The molecule has 0 aliphatic carbocycles. The monoisotopic (exact) mass is 594 g/mol. The van der Waals surface area contributed by atoms with E-state index in [9.17, 15) is 0 Å². The Labute approximate surface area is 267 Å². The highest BCUT2D eigenvalue weighted by molar-refractivity contribution is 6.31. The number of nitrogens with zero attached hydrogens (tertiary/aromatic N) is 2. The highest BCUT2D eigenvalue weighted by Gasteiger charge is 2.17. The van der Waals surface area contributed by atoms with Gasteiger partial charge in [0.25, 0.3) is 0 Å².